The molecule has 0 radical (unpaired) electrons. The number of morpholine rings is 1. The van der Waals surface area contributed by atoms with Crippen molar-refractivity contribution in [3.8, 4) is 0 Å². The number of hydrogen-bond donors (Lipinski definition) is 4. The number of hydrogen-bond acceptors (Lipinski definition) is 11. The van der Waals surface area contributed by atoms with Gasteiger partial charge in [0.25, 0.3) is 0 Å². The van der Waals surface area contributed by atoms with E-state index in [2.05, 4.69) is 15.3 Å². The van der Waals surface area contributed by atoms with Crippen molar-refractivity contribution in [3.63, 3.8) is 0 Å². The molecule has 14 heteroatoms. The van der Waals surface area contributed by atoms with Crippen molar-refractivity contribution < 1.29 is 43.3 Å². The average Bonchev–Trinajstić information content (AvgIpc) is 3.74. The first kappa shape index (κ1) is 47.4. The van der Waals surface area contributed by atoms with Crippen LogP contribution in [-0.2, 0) is 51.0 Å². The molecule has 5 atom stereocenters. The largest absolute Gasteiger partial charge is 0.460 e. The molecule has 2 aliphatic rings. The summed E-state index contributed by atoms with van der Waals surface area (Å²) in [6.07, 6.45) is 5.59. The molecule has 2 amide bonds. The number of aliphatic hydroxyl groups excluding tert-OH is 1. The number of carbonyl (C=O) groups excluding carboxylic acids is 5. The molecule has 3 aromatic rings. The van der Waals surface area contributed by atoms with Crippen LogP contribution in [-0.4, -0.2) is 105 Å². The van der Waals surface area contributed by atoms with Crippen LogP contribution in [0.5, 0.6) is 0 Å². The Hall–Kier alpha value is -4.66. The first-order chi connectivity index (χ1) is 29.0. The van der Waals surface area contributed by atoms with Crippen LogP contribution in [0.2, 0.25) is 0 Å². The Labute approximate surface area is 360 Å². The van der Waals surface area contributed by atoms with Gasteiger partial charge in [0, 0.05) is 50.2 Å². The fourth-order valence-corrected chi connectivity index (χ4v) is 8.48. The molecular formula is C47H67N5O9. The van der Waals surface area contributed by atoms with Gasteiger partial charge in [-0.3, -0.25) is 24.0 Å². The van der Waals surface area contributed by atoms with Crippen LogP contribution in [0.25, 0.3) is 10.8 Å². The van der Waals surface area contributed by atoms with Gasteiger partial charge in [-0.2, -0.15) is 0 Å². The van der Waals surface area contributed by atoms with E-state index in [1.807, 2.05) is 56.3 Å². The lowest BCUT2D eigenvalue weighted by molar-refractivity contribution is -0.161. The molecule has 14 nitrogen and oxygen atoms in total. The zero-order chi connectivity index (χ0) is 44.2. The van der Waals surface area contributed by atoms with Gasteiger partial charge in [-0.05, 0) is 61.8 Å². The van der Waals surface area contributed by atoms with Crippen molar-refractivity contribution in [1.29, 1.82) is 0 Å². The number of imidazole rings is 1. The van der Waals surface area contributed by atoms with Gasteiger partial charge in [0.05, 0.1) is 44.5 Å². The van der Waals surface area contributed by atoms with E-state index < -0.39 is 58.9 Å². The summed E-state index contributed by atoms with van der Waals surface area (Å²) in [5.74, 6) is -3.91. The van der Waals surface area contributed by atoms with Gasteiger partial charge >= 0.3 is 11.9 Å². The number of fused-ring (bicyclic) bond motifs is 1. The first-order valence-corrected chi connectivity index (χ1v) is 22.1. The number of aromatic amines is 1. The van der Waals surface area contributed by atoms with E-state index in [1.165, 1.54) is 12.5 Å². The number of Topliss-reactive ketones (excluding diaryl/α,β-unsaturated/α-hetero) is 1. The molecule has 1 aromatic heterocycles. The number of aromatic nitrogens is 2. The quantitative estimate of drug-likeness (QED) is 0.0841. The molecule has 1 aliphatic carbocycles. The average molecular weight is 846 g/mol. The maximum absolute atomic E-state index is 15.3. The highest BCUT2D eigenvalue weighted by atomic mass is 16.6. The Morgan fingerprint density at radius 2 is 1.67 bits per heavy atom. The van der Waals surface area contributed by atoms with Crippen LogP contribution in [0.15, 0.2) is 55.0 Å². The number of esters is 2. The topological polar surface area (TPSA) is 203 Å². The number of aliphatic hydroxyl groups is 1. The zero-order valence-electron chi connectivity index (χ0n) is 36.7. The van der Waals surface area contributed by atoms with Crippen molar-refractivity contribution in [2.75, 3.05) is 26.3 Å². The number of nitrogens with zero attached hydrogens (tertiary/aromatic N) is 2. The van der Waals surface area contributed by atoms with Gasteiger partial charge in [0.2, 0.25) is 11.8 Å². The highest BCUT2D eigenvalue weighted by molar-refractivity contribution is 6.12. The van der Waals surface area contributed by atoms with E-state index in [9.17, 15) is 19.5 Å². The van der Waals surface area contributed by atoms with Gasteiger partial charge in [-0.25, -0.2) is 4.98 Å². The Morgan fingerprint density at radius 3 is 2.34 bits per heavy atom. The molecule has 2 fully saturated rings. The van der Waals surface area contributed by atoms with Crippen LogP contribution < -0.4 is 11.1 Å². The van der Waals surface area contributed by atoms with Crippen molar-refractivity contribution in [2.45, 2.75) is 141 Å². The number of rotatable bonds is 20. The second-order valence-electron chi connectivity index (χ2n) is 18.3. The molecule has 1 saturated carbocycles. The number of nitrogens with two attached hydrogens (primary N) is 1. The maximum atomic E-state index is 15.3. The number of ether oxygens (including phenoxy) is 3. The number of amides is 2. The molecule has 1 aliphatic heterocycles. The smallest absolute Gasteiger partial charge is 0.306 e. The van der Waals surface area contributed by atoms with Crippen molar-refractivity contribution in [2.24, 2.45) is 23.5 Å². The molecule has 5 rings (SSSR count). The normalized spacial score (nSPS) is 18.1. The maximum Gasteiger partial charge on any atom is 0.306 e. The molecule has 2 heterocycles. The van der Waals surface area contributed by atoms with Crippen LogP contribution in [0, 0.1) is 17.8 Å². The van der Waals surface area contributed by atoms with Crippen LogP contribution >= 0.6 is 0 Å². The van der Waals surface area contributed by atoms with Crippen molar-refractivity contribution in [3.05, 3.63) is 66.2 Å². The predicted molar refractivity (Wildman–Crippen MR) is 231 cm³/mol. The number of benzene rings is 2. The van der Waals surface area contributed by atoms with E-state index in [-0.39, 0.29) is 56.3 Å². The van der Waals surface area contributed by atoms with Gasteiger partial charge in [0.15, 0.2) is 11.3 Å². The molecule has 334 valence electrons. The van der Waals surface area contributed by atoms with Crippen molar-refractivity contribution in [1.82, 2.24) is 20.2 Å². The zero-order valence-corrected chi connectivity index (χ0v) is 36.7. The SMILES string of the molecule is CC(C)C(O)CC(OC(=O)CCC(=O)OC(C)(C)C)[C@H](CC1CCCCC1)NC(=O)[C@@](N)(Cc1cnc[nH]1)C(=O)C(CC(=O)N1CCOCC1)Cc1cccc2ccccc12. The fourth-order valence-electron chi connectivity index (χ4n) is 8.48. The number of H-pyrrole nitrogens is 1. The summed E-state index contributed by atoms with van der Waals surface area (Å²) in [5.41, 5.74) is 5.54. The minimum absolute atomic E-state index is 0.00264. The third-order valence-electron chi connectivity index (χ3n) is 11.9. The van der Waals surface area contributed by atoms with Crippen LogP contribution in [0.3, 0.4) is 0 Å². The lowest BCUT2D eigenvalue weighted by atomic mass is 9.77. The molecule has 3 unspecified atom stereocenters. The van der Waals surface area contributed by atoms with E-state index in [0.29, 0.717) is 38.4 Å². The molecule has 61 heavy (non-hydrogen) atoms. The Morgan fingerprint density at radius 1 is 0.984 bits per heavy atom. The highest BCUT2D eigenvalue weighted by Gasteiger charge is 2.48. The summed E-state index contributed by atoms with van der Waals surface area (Å²) in [6.45, 7) is 10.5. The lowest BCUT2D eigenvalue weighted by Gasteiger charge is -2.37. The van der Waals surface area contributed by atoms with Crippen molar-refractivity contribution >= 4 is 40.3 Å². The number of ketones is 1. The third kappa shape index (κ3) is 13.9. The summed E-state index contributed by atoms with van der Waals surface area (Å²) in [4.78, 5) is 79.3. The highest BCUT2D eigenvalue weighted by Crippen LogP contribution is 2.32. The Bertz CT molecular complexity index is 1910. The predicted octanol–water partition coefficient (Wildman–Crippen LogP) is 5.38. The standard InChI is InChI=1S/C47H67N5O9/c1-31(2)39(53)27-40(60-42(55)18-19-43(56)61-46(3,4)5)38(24-32-12-7-6-8-13-32)51-45(58)47(48,28-36-29-49-30-50-36)44(57)35(26-41(54)52-20-22-59-23-21-52)25-34-16-11-15-33-14-9-10-17-37(33)34/h9-11,14-17,29-32,35,38-40,53H,6-8,12-13,18-28,48H2,1-5H3,(H,49,50)(H,51,58)/t35?,38-,39?,40?,47+/m0/s1. The fraction of sp³-hybridized carbons (Fsp3) is 0.617. The summed E-state index contributed by atoms with van der Waals surface area (Å²) < 4.78 is 17.0. The third-order valence-corrected chi connectivity index (χ3v) is 11.9. The van der Waals surface area contributed by atoms with Gasteiger partial charge < -0.3 is 40.3 Å². The van der Waals surface area contributed by atoms with E-state index in [4.69, 9.17) is 19.9 Å². The van der Waals surface area contributed by atoms with E-state index in [1.54, 1.807) is 25.7 Å². The van der Waals surface area contributed by atoms with Gasteiger partial charge in [-0.1, -0.05) is 88.4 Å². The number of carbonyl (C=O) groups is 5. The Balaban J connectivity index is 1.51. The minimum Gasteiger partial charge on any atom is -0.460 e. The van der Waals surface area contributed by atoms with Crippen LogP contribution in [0.4, 0.5) is 0 Å². The molecule has 1 saturated heterocycles. The molecular weight excluding hydrogens is 779 g/mol. The minimum atomic E-state index is -2.21. The molecule has 0 spiro atoms. The molecule has 2 aromatic carbocycles. The van der Waals surface area contributed by atoms with Gasteiger partial charge in [-0.15, -0.1) is 0 Å². The summed E-state index contributed by atoms with van der Waals surface area (Å²) >= 11 is 0. The summed E-state index contributed by atoms with van der Waals surface area (Å²) in [5, 5.41) is 16.2. The monoisotopic (exact) mass is 845 g/mol. The lowest BCUT2D eigenvalue weighted by Crippen LogP contribution is -2.65. The van der Waals surface area contributed by atoms with Gasteiger partial charge in [0.1, 0.15) is 11.7 Å². The molecule has 0 bridgehead atoms. The summed E-state index contributed by atoms with van der Waals surface area (Å²) in [7, 11) is 0. The van der Waals surface area contributed by atoms with E-state index >= 15 is 9.59 Å². The second-order valence-corrected chi connectivity index (χ2v) is 18.3. The second kappa shape index (κ2) is 21.9. The van der Waals surface area contributed by atoms with E-state index in [0.717, 1.165) is 48.4 Å². The summed E-state index contributed by atoms with van der Waals surface area (Å²) in [6, 6.07) is 12.8. The molecule has 5 N–H and O–H groups in total. The van der Waals surface area contributed by atoms with Crippen LogP contribution in [0.1, 0.15) is 110 Å². The first-order valence-electron chi connectivity index (χ1n) is 22.1. The number of nitrogens with one attached hydrogen (secondary N) is 2. The Kier molecular flexibility index (Phi) is 17.0.